The zero-order valence-corrected chi connectivity index (χ0v) is 19.1. The van der Waals surface area contributed by atoms with E-state index in [-0.39, 0.29) is 18.2 Å². The molecule has 0 saturated carbocycles. The molecule has 0 bridgehead atoms. The van der Waals surface area contributed by atoms with Crippen LogP contribution in [0, 0.1) is 6.92 Å². The Morgan fingerprint density at radius 2 is 1.82 bits per heavy atom. The normalized spacial score (nSPS) is 13.4. The Kier molecular flexibility index (Phi) is 6.63. The van der Waals surface area contributed by atoms with Gasteiger partial charge in [0.1, 0.15) is 0 Å². The van der Waals surface area contributed by atoms with Crippen molar-refractivity contribution in [2.24, 2.45) is 0 Å². The fraction of sp³-hybridized carbons (Fsp3) is 0.259. The van der Waals surface area contributed by atoms with Crippen LogP contribution in [0.25, 0.3) is 0 Å². The number of benzene rings is 3. The highest BCUT2D eigenvalue weighted by molar-refractivity contribution is 5.99. The minimum absolute atomic E-state index is 0.0772. The fourth-order valence-corrected chi connectivity index (χ4v) is 4.13. The number of fused-ring (bicyclic) bond motifs is 1. The predicted molar refractivity (Wildman–Crippen MR) is 128 cm³/mol. The van der Waals surface area contributed by atoms with Gasteiger partial charge in [-0.2, -0.15) is 0 Å². The molecule has 0 fully saturated rings. The summed E-state index contributed by atoms with van der Waals surface area (Å²) in [6, 6.07) is 20.3. The molecule has 1 aliphatic rings. The Balaban J connectivity index is 1.65. The van der Waals surface area contributed by atoms with Crippen molar-refractivity contribution in [2.45, 2.75) is 32.9 Å². The third-order valence-electron chi connectivity index (χ3n) is 5.81. The van der Waals surface area contributed by atoms with Crippen LogP contribution in [-0.2, 0) is 11.3 Å². The highest BCUT2D eigenvalue weighted by atomic mass is 16.5. The van der Waals surface area contributed by atoms with Gasteiger partial charge in [0.2, 0.25) is 5.91 Å². The second-order valence-electron chi connectivity index (χ2n) is 8.07. The molecule has 0 radical (unpaired) electrons. The summed E-state index contributed by atoms with van der Waals surface area (Å²) in [7, 11) is 1.58. The first kappa shape index (κ1) is 22.4. The zero-order valence-electron chi connectivity index (χ0n) is 19.1. The summed E-state index contributed by atoms with van der Waals surface area (Å²) >= 11 is 0. The molecule has 0 spiro atoms. The molecule has 1 aliphatic heterocycles. The average Bonchev–Trinajstić information content (AvgIpc) is 3.16. The number of rotatable bonds is 8. The van der Waals surface area contributed by atoms with Crippen LogP contribution >= 0.6 is 0 Å². The smallest absolute Gasteiger partial charge is 0.255 e. The van der Waals surface area contributed by atoms with Crippen molar-refractivity contribution in [2.75, 3.05) is 19.0 Å². The van der Waals surface area contributed by atoms with E-state index in [0.29, 0.717) is 30.2 Å². The first-order chi connectivity index (χ1) is 16.0. The van der Waals surface area contributed by atoms with Crippen LogP contribution in [0.4, 0.5) is 5.69 Å². The van der Waals surface area contributed by atoms with Gasteiger partial charge in [-0.15, -0.1) is 0 Å². The molecule has 6 heteroatoms. The number of aryl methyl sites for hydroxylation is 1. The molecule has 6 nitrogen and oxygen atoms in total. The van der Waals surface area contributed by atoms with Crippen molar-refractivity contribution in [3.63, 3.8) is 0 Å². The van der Waals surface area contributed by atoms with Gasteiger partial charge in [0.15, 0.2) is 11.5 Å². The van der Waals surface area contributed by atoms with Gasteiger partial charge in [-0.1, -0.05) is 42.0 Å². The maximum absolute atomic E-state index is 13.3. The number of nitrogens with zero attached hydrogens (tertiary/aromatic N) is 1. The van der Waals surface area contributed by atoms with Gasteiger partial charge in [-0.25, -0.2) is 0 Å². The van der Waals surface area contributed by atoms with Crippen LogP contribution in [0.15, 0.2) is 66.7 Å². The third kappa shape index (κ3) is 4.85. The van der Waals surface area contributed by atoms with Crippen molar-refractivity contribution in [1.29, 1.82) is 0 Å². The maximum Gasteiger partial charge on any atom is 0.255 e. The van der Waals surface area contributed by atoms with Crippen molar-refractivity contribution in [3.05, 3.63) is 89.0 Å². The Morgan fingerprint density at radius 3 is 2.52 bits per heavy atom. The number of nitrogens with one attached hydrogen (secondary N) is 1. The summed E-state index contributed by atoms with van der Waals surface area (Å²) in [6.07, 6.45) is 0.116. The number of carbonyl (C=O) groups is 2. The first-order valence-corrected chi connectivity index (χ1v) is 11.1. The van der Waals surface area contributed by atoms with Crippen LogP contribution in [-0.4, -0.2) is 30.4 Å². The molecule has 0 aliphatic carbocycles. The van der Waals surface area contributed by atoms with E-state index in [4.69, 9.17) is 9.47 Å². The Morgan fingerprint density at radius 1 is 1.06 bits per heavy atom. The predicted octanol–water partition coefficient (Wildman–Crippen LogP) is 5.13. The quantitative estimate of drug-likeness (QED) is 0.523. The summed E-state index contributed by atoms with van der Waals surface area (Å²) in [5.74, 6) is 0.956. The summed E-state index contributed by atoms with van der Waals surface area (Å²) in [5, 5.41) is 2.96. The molecule has 0 saturated heterocycles. The van der Waals surface area contributed by atoms with Crippen LogP contribution in [0.3, 0.4) is 0 Å². The lowest BCUT2D eigenvalue weighted by Crippen LogP contribution is -2.32. The lowest BCUT2D eigenvalue weighted by Gasteiger charge is -2.28. The molecule has 1 atom stereocenters. The summed E-state index contributed by atoms with van der Waals surface area (Å²) in [5.41, 5.74) is 4.30. The van der Waals surface area contributed by atoms with Gasteiger partial charge in [0, 0.05) is 17.8 Å². The average molecular weight is 445 g/mol. The molecular formula is C27H28N2O4. The summed E-state index contributed by atoms with van der Waals surface area (Å²) in [4.78, 5) is 28.0. The van der Waals surface area contributed by atoms with Crippen molar-refractivity contribution >= 4 is 17.5 Å². The molecule has 1 N–H and O–H groups in total. The van der Waals surface area contributed by atoms with E-state index in [0.717, 1.165) is 22.4 Å². The van der Waals surface area contributed by atoms with Crippen LogP contribution < -0.4 is 14.8 Å². The molecule has 3 aromatic rings. The molecule has 0 aromatic heterocycles. The number of ether oxygens (including phenoxy) is 2. The highest BCUT2D eigenvalue weighted by Crippen LogP contribution is 2.37. The largest absolute Gasteiger partial charge is 0.493 e. The number of hydrogen-bond acceptors (Lipinski definition) is 4. The second kappa shape index (κ2) is 9.77. The standard InChI is InChI=1S/C27H28N2O4/c1-4-33-24-14-11-19(15-25(24)32-3)23(16-26(30)28-21-12-9-18(2)10-13-21)29-17-20-7-5-6-8-22(20)27(29)31/h5-15,23H,4,16-17H2,1-3H3,(H,28,30)/t23-/m1/s1. The minimum atomic E-state index is -0.458. The molecule has 2 amide bonds. The highest BCUT2D eigenvalue weighted by Gasteiger charge is 2.34. The molecular weight excluding hydrogens is 416 g/mol. The third-order valence-corrected chi connectivity index (χ3v) is 5.81. The molecule has 170 valence electrons. The van der Waals surface area contributed by atoms with Gasteiger partial charge in [0.25, 0.3) is 5.91 Å². The van der Waals surface area contributed by atoms with Crippen LogP contribution in [0.5, 0.6) is 11.5 Å². The second-order valence-corrected chi connectivity index (χ2v) is 8.07. The van der Waals surface area contributed by atoms with E-state index in [9.17, 15) is 9.59 Å². The SMILES string of the molecule is CCOc1ccc([C@@H](CC(=O)Nc2ccc(C)cc2)N2Cc3ccccc3C2=O)cc1OC. The topological polar surface area (TPSA) is 67.9 Å². The van der Waals surface area contributed by atoms with Crippen molar-refractivity contribution in [1.82, 2.24) is 4.90 Å². The van der Waals surface area contributed by atoms with Crippen molar-refractivity contribution in [3.8, 4) is 11.5 Å². The lowest BCUT2D eigenvalue weighted by atomic mass is 10.0. The number of anilines is 1. The fourth-order valence-electron chi connectivity index (χ4n) is 4.13. The van der Waals surface area contributed by atoms with E-state index in [1.54, 1.807) is 12.0 Å². The Labute approximate surface area is 194 Å². The van der Waals surface area contributed by atoms with Gasteiger partial charge in [-0.05, 0) is 55.3 Å². The van der Waals surface area contributed by atoms with Gasteiger partial charge in [-0.3, -0.25) is 9.59 Å². The summed E-state index contributed by atoms with van der Waals surface area (Å²) < 4.78 is 11.2. The Bertz CT molecular complexity index is 1160. The van der Waals surface area contributed by atoms with E-state index in [1.807, 2.05) is 80.6 Å². The van der Waals surface area contributed by atoms with Gasteiger partial charge >= 0.3 is 0 Å². The number of hydrogen-bond donors (Lipinski definition) is 1. The summed E-state index contributed by atoms with van der Waals surface area (Å²) in [6.45, 7) is 4.87. The minimum Gasteiger partial charge on any atom is -0.493 e. The van der Waals surface area contributed by atoms with Crippen molar-refractivity contribution < 1.29 is 19.1 Å². The van der Waals surface area contributed by atoms with E-state index in [1.165, 1.54) is 0 Å². The lowest BCUT2D eigenvalue weighted by molar-refractivity contribution is -0.117. The maximum atomic E-state index is 13.3. The van der Waals surface area contributed by atoms with Gasteiger partial charge in [0.05, 0.1) is 26.2 Å². The van der Waals surface area contributed by atoms with E-state index >= 15 is 0 Å². The van der Waals surface area contributed by atoms with E-state index < -0.39 is 6.04 Å². The van der Waals surface area contributed by atoms with Crippen LogP contribution in [0.1, 0.15) is 46.4 Å². The molecule has 1 heterocycles. The first-order valence-electron chi connectivity index (χ1n) is 11.1. The molecule has 0 unspecified atom stereocenters. The van der Waals surface area contributed by atoms with Crippen LogP contribution in [0.2, 0.25) is 0 Å². The number of carbonyl (C=O) groups excluding carboxylic acids is 2. The monoisotopic (exact) mass is 444 g/mol. The Hall–Kier alpha value is -3.80. The molecule has 3 aromatic carbocycles. The molecule has 33 heavy (non-hydrogen) atoms. The number of amides is 2. The zero-order chi connectivity index (χ0) is 23.4. The van der Waals surface area contributed by atoms with E-state index in [2.05, 4.69) is 5.32 Å². The number of methoxy groups -OCH3 is 1. The molecule has 4 rings (SSSR count). The van der Waals surface area contributed by atoms with Gasteiger partial charge < -0.3 is 19.7 Å².